The van der Waals surface area contributed by atoms with Gasteiger partial charge in [-0.3, -0.25) is 0 Å². The van der Waals surface area contributed by atoms with Crippen LogP contribution < -0.4 is 0 Å². The topological polar surface area (TPSA) is 3.24 Å². The summed E-state index contributed by atoms with van der Waals surface area (Å²) >= 11 is 3.65. The molecule has 11 heavy (non-hydrogen) atoms. The van der Waals surface area contributed by atoms with E-state index in [1.54, 1.807) is 0 Å². The molecule has 0 aromatic rings. The van der Waals surface area contributed by atoms with Crippen LogP contribution in [-0.4, -0.2) is 29.4 Å². The Kier molecular flexibility index (Phi) is 4.46. The summed E-state index contributed by atoms with van der Waals surface area (Å²) in [4.78, 5) is 3.33. The van der Waals surface area contributed by atoms with Gasteiger partial charge in [-0.05, 0) is 25.9 Å². The minimum atomic E-state index is 0.768. The van der Waals surface area contributed by atoms with Crippen molar-refractivity contribution in [3.8, 4) is 0 Å². The van der Waals surface area contributed by atoms with Gasteiger partial charge in [0.2, 0.25) is 0 Å². The van der Waals surface area contributed by atoms with Crippen LogP contribution in [0.2, 0.25) is 0 Å². The zero-order valence-electron chi connectivity index (χ0n) is 7.35. The average molecular weight is 220 g/mol. The van der Waals surface area contributed by atoms with Crippen LogP contribution in [0.3, 0.4) is 0 Å². The Labute approximate surface area is 78.3 Å². The van der Waals surface area contributed by atoms with Crippen LogP contribution in [0.1, 0.15) is 32.6 Å². The summed E-state index contributed by atoms with van der Waals surface area (Å²) in [6.45, 7) is 6.15. The molecule has 0 spiro atoms. The second kappa shape index (κ2) is 5.15. The number of rotatable bonds is 4. The molecule has 0 N–H and O–H groups in total. The van der Waals surface area contributed by atoms with Gasteiger partial charge in [0.05, 0.1) is 0 Å². The first-order valence-corrected chi connectivity index (χ1v) is 5.61. The number of halogens is 1. The van der Waals surface area contributed by atoms with E-state index >= 15 is 0 Å². The Balaban J connectivity index is 1.99. The predicted molar refractivity (Wildman–Crippen MR) is 53.3 cm³/mol. The molecule has 1 aliphatic heterocycles. The van der Waals surface area contributed by atoms with Crippen LogP contribution in [0.5, 0.6) is 0 Å². The first-order valence-electron chi connectivity index (χ1n) is 4.69. The highest BCUT2D eigenvalue weighted by Gasteiger charge is 2.18. The van der Waals surface area contributed by atoms with Gasteiger partial charge >= 0.3 is 0 Å². The van der Waals surface area contributed by atoms with Gasteiger partial charge in [-0.1, -0.05) is 35.7 Å². The first kappa shape index (κ1) is 9.53. The number of nitrogens with zero attached hydrogens (tertiary/aromatic N) is 1. The highest BCUT2D eigenvalue weighted by molar-refractivity contribution is 9.09. The van der Waals surface area contributed by atoms with Gasteiger partial charge in [0.15, 0.2) is 0 Å². The zero-order chi connectivity index (χ0) is 8.10. The first-order chi connectivity index (χ1) is 5.33. The summed E-state index contributed by atoms with van der Waals surface area (Å²) in [6.07, 6.45) is 5.46. The Morgan fingerprint density at radius 1 is 1.45 bits per heavy atom. The molecule has 1 fully saturated rings. The predicted octanol–water partition coefficient (Wildman–Crippen LogP) is 2.65. The van der Waals surface area contributed by atoms with E-state index in [2.05, 4.69) is 27.8 Å². The molecule has 1 nitrogen and oxygen atoms in total. The zero-order valence-corrected chi connectivity index (χ0v) is 8.94. The smallest absolute Gasteiger partial charge is 0.0285 e. The van der Waals surface area contributed by atoms with Crippen molar-refractivity contribution in [1.82, 2.24) is 4.90 Å². The summed E-state index contributed by atoms with van der Waals surface area (Å²) in [5.41, 5.74) is 0. The van der Waals surface area contributed by atoms with Crippen molar-refractivity contribution in [3.05, 3.63) is 0 Å². The maximum Gasteiger partial charge on any atom is 0.0285 e. The fourth-order valence-electron chi connectivity index (χ4n) is 1.57. The summed E-state index contributed by atoms with van der Waals surface area (Å²) in [5.74, 6) is 0. The molecule has 0 amide bonds. The largest absolute Gasteiger partial charge is 0.302 e. The van der Waals surface area contributed by atoms with Crippen LogP contribution in [-0.2, 0) is 0 Å². The fourth-order valence-corrected chi connectivity index (χ4v) is 2.19. The molecule has 66 valence electrons. The lowest BCUT2D eigenvalue weighted by atomic mass is 10.2. The summed E-state index contributed by atoms with van der Waals surface area (Å²) < 4.78 is 0. The highest BCUT2D eigenvalue weighted by Crippen LogP contribution is 2.16. The molecule has 0 aromatic heterocycles. The maximum absolute atomic E-state index is 3.65. The fraction of sp³-hybridized carbons (Fsp3) is 1.00. The standard InChI is InChI=1S/C9H18BrN/c1-2-3-4-6-11-7-5-9(10)8-11/h9H,2-8H2,1H3. The third kappa shape index (κ3) is 3.57. The third-order valence-corrected chi connectivity index (χ3v) is 3.04. The molecule has 0 radical (unpaired) electrons. The van der Waals surface area contributed by atoms with E-state index in [0.717, 1.165) is 4.83 Å². The van der Waals surface area contributed by atoms with E-state index in [1.165, 1.54) is 45.3 Å². The van der Waals surface area contributed by atoms with Gasteiger partial charge in [-0.15, -0.1) is 0 Å². The Morgan fingerprint density at radius 3 is 2.82 bits per heavy atom. The average Bonchev–Trinajstić information content (AvgIpc) is 2.37. The van der Waals surface area contributed by atoms with Crippen molar-refractivity contribution in [3.63, 3.8) is 0 Å². The third-order valence-electron chi connectivity index (χ3n) is 2.29. The molecular weight excluding hydrogens is 202 g/mol. The van der Waals surface area contributed by atoms with Crippen molar-refractivity contribution in [1.29, 1.82) is 0 Å². The van der Waals surface area contributed by atoms with Gasteiger partial charge in [0.1, 0.15) is 0 Å². The van der Waals surface area contributed by atoms with Crippen LogP contribution in [0, 0.1) is 0 Å². The Hall–Kier alpha value is 0.440. The quantitative estimate of drug-likeness (QED) is 0.520. The molecule has 0 saturated carbocycles. The minimum absolute atomic E-state index is 0.768. The van der Waals surface area contributed by atoms with Crippen molar-refractivity contribution >= 4 is 15.9 Å². The van der Waals surface area contributed by atoms with Crippen LogP contribution in [0.15, 0.2) is 0 Å². The lowest BCUT2D eigenvalue weighted by Crippen LogP contribution is -2.21. The number of unbranched alkanes of at least 4 members (excludes halogenated alkanes) is 2. The van der Waals surface area contributed by atoms with Gasteiger partial charge in [0, 0.05) is 11.4 Å². The summed E-state index contributed by atoms with van der Waals surface area (Å²) in [5, 5.41) is 0. The molecule has 1 heterocycles. The molecule has 1 unspecified atom stereocenters. The monoisotopic (exact) mass is 219 g/mol. The number of hydrogen-bond donors (Lipinski definition) is 0. The normalized spacial score (nSPS) is 26.2. The molecule has 1 aliphatic rings. The summed E-state index contributed by atoms with van der Waals surface area (Å²) in [6, 6.07) is 0. The molecular formula is C9H18BrN. The number of alkyl halides is 1. The molecule has 1 rings (SSSR count). The SMILES string of the molecule is CCCCCN1CCC(Br)C1. The lowest BCUT2D eigenvalue weighted by molar-refractivity contribution is 0.331. The van der Waals surface area contributed by atoms with Crippen LogP contribution in [0.25, 0.3) is 0 Å². The number of likely N-dealkylation sites (tertiary alicyclic amines) is 1. The van der Waals surface area contributed by atoms with E-state index < -0.39 is 0 Å². The number of hydrogen-bond acceptors (Lipinski definition) is 1. The van der Waals surface area contributed by atoms with E-state index in [4.69, 9.17) is 0 Å². The van der Waals surface area contributed by atoms with Crippen molar-refractivity contribution in [2.24, 2.45) is 0 Å². The molecule has 2 heteroatoms. The highest BCUT2D eigenvalue weighted by atomic mass is 79.9. The maximum atomic E-state index is 3.65. The molecule has 0 bridgehead atoms. The summed E-state index contributed by atoms with van der Waals surface area (Å²) in [7, 11) is 0. The molecule has 1 saturated heterocycles. The van der Waals surface area contributed by atoms with Gasteiger partial charge < -0.3 is 4.90 Å². The second-order valence-corrected chi connectivity index (χ2v) is 4.69. The Morgan fingerprint density at radius 2 is 2.27 bits per heavy atom. The van der Waals surface area contributed by atoms with Crippen molar-refractivity contribution < 1.29 is 0 Å². The van der Waals surface area contributed by atoms with E-state index in [0.29, 0.717) is 0 Å². The van der Waals surface area contributed by atoms with E-state index in [1.807, 2.05) is 0 Å². The van der Waals surface area contributed by atoms with Gasteiger partial charge in [-0.25, -0.2) is 0 Å². The second-order valence-electron chi connectivity index (χ2n) is 3.39. The molecule has 0 aromatic carbocycles. The van der Waals surface area contributed by atoms with Gasteiger partial charge in [-0.2, -0.15) is 0 Å². The molecule has 0 aliphatic carbocycles. The van der Waals surface area contributed by atoms with Gasteiger partial charge in [0.25, 0.3) is 0 Å². The molecule has 1 atom stereocenters. The Bertz CT molecular complexity index is 106. The van der Waals surface area contributed by atoms with Crippen molar-refractivity contribution in [2.45, 2.75) is 37.4 Å². The van der Waals surface area contributed by atoms with Crippen LogP contribution in [0.4, 0.5) is 0 Å². The van der Waals surface area contributed by atoms with E-state index in [-0.39, 0.29) is 0 Å². The lowest BCUT2D eigenvalue weighted by Gasteiger charge is -2.13. The van der Waals surface area contributed by atoms with E-state index in [9.17, 15) is 0 Å². The van der Waals surface area contributed by atoms with Crippen LogP contribution >= 0.6 is 15.9 Å². The minimum Gasteiger partial charge on any atom is -0.302 e. The van der Waals surface area contributed by atoms with Crippen molar-refractivity contribution in [2.75, 3.05) is 19.6 Å².